The maximum Gasteiger partial charge on any atom is 0.338 e. The van der Waals surface area contributed by atoms with Gasteiger partial charge in [-0.3, -0.25) is 4.98 Å². The molecule has 1 aliphatic heterocycles. The largest absolute Gasteiger partial charge is 0.462 e. The lowest BCUT2D eigenvalue weighted by atomic mass is 9.84. The Bertz CT molecular complexity index is 1660. The predicted octanol–water partition coefficient (Wildman–Crippen LogP) is 5.86. The normalized spacial score (nSPS) is 15.2. The number of rotatable bonds is 8. The van der Waals surface area contributed by atoms with Gasteiger partial charge in [-0.15, -0.1) is 0 Å². The van der Waals surface area contributed by atoms with E-state index in [1.54, 1.807) is 37.3 Å². The van der Waals surface area contributed by atoms with Crippen LogP contribution in [0.1, 0.15) is 60.7 Å². The maximum atomic E-state index is 14.1. The second-order valence-corrected chi connectivity index (χ2v) is 12.4. The number of hydrogen-bond acceptors (Lipinski definition) is 7. The van der Waals surface area contributed by atoms with Gasteiger partial charge in [0.2, 0.25) is 9.84 Å². The molecular formula is C33H36N2O5S. The van der Waals surface area contributed by atoms with E-state index in [0.717, 1.165) is 24.0 Å². The lowest BCUT2D eigenvalue weighted by molar-refractivity contribution is 0.0117. The molecule has 1 N–H and O–H groups in total. The molecule has 41 heavy (non-hydrogen) atoms. The summed E-state index contributed by atoms with van der Waals surface area (Å²) in [6, 6.07) is 20.0. The van der Waals surface area contributed by atoms with Crippen LogP contribution >= 0.6 is 0 Å². The molecule has 1 saturated heterocycles. The van der Waals surface area contributed by atoms with Crippen LogP contribution in [0.2, 0.25) is 0 Å². The van der Waals surface area contributed by atoms with Crippen molar-refractivity contribution >= 4 is 32.4 Å². The Labute approximate surface area is 241 Å². The van der Waals surface area contributed by atoms with Crippen LogP contribution in [-0.4, -0.2) is 44.2 Å². The third kappa shape index (κ3) is 5.59. The van der Waals surface area contributed by atoms with Gasteiger partial charge in [0.1, 0.15) is 4.90 Å². The van der Waals surface area contributed by atoms with Crippen molar-refractivity contribution in [2.75, 3.05) is 24.6 Å². The lowest BCUT2D eigenvalue weighted by Crippen LogP contribution is -2.43. The Morgan fingerprint density at radius 2 is 1.54 bits per heavy atom. The molecule has 1 aromatic heterocycles. The first kappa shape index (κ1) is 28.8. The number of aryl methyl sites for hydroxylation is 2. The van der Waals surface area contributed by atoms with E-state index < -0.39 is 21.4 Å². The Morgan fingerprint density at radius 1 is 0.927 bits per heavy atom. The van der Waals surface area contributed by atoms with E-state index in [1.807, 2.05) is 48.2 Å². The fourth-order valence-corrected chi connectivity index (χ4v) is 6.93. The summed E-state index contributed by atoms with van der Waals surface area (Å²) < 4.78 is 33.3. The topological polar surface area (TPSA) is 96.8 Å². The molecule has 0 bridgehead atoms. The van der Waals surface area contributed by atoms with Crippen LogP contribution in [0.15, 0.2) is 82.7 Å². The molecule has 1 fully saturated rings. The smallest absolute Gasteiger partial charge is 0.338 e. The van der Waals surface area contributed by atoms with E-state index in [2.05, 4.69) is 11.9 Å². The minimum atomic E-state index is -3.95. The van der Waals surface area contributed by atoms with E-state index in [9.17, 15) is 18.3 Å². The SMILES string of the molecule is CCOC(=O)c1ccc2ncc(S(=O)(=O)c3ccc(CC)cc3)c(N3CCC(O)(c4ccc(CC)cc4)CC3)c2c1. The number of aromatic nitrogens is 1. The highest BCUT2D eigenvalue weighted by atomic mass is 32.2. The van der Waals surface area contributed by atoms with Gasteiger partial charge in [0.05, 0.1) is 33.9 Å². The zero-order valence-electron chi connectivity index (χ0n) is 23.8. The molecule has 2 heterocycles. The summed E-state index contributed by atoms with van der Waals surface area (Å²) in [5.74, 6) is -0.479. The van der Waals surface area contributed by atoms with Gasteiger partial charge >= 0.3 is 5.97 Å². The van der Waals surface area contributed by atoms with Gasteiger partial charge < -0.3 is 14.7 Å². The van der Waals surface area contributed by atoms with Crippen molar-refractivity contribution in [1.82, 2.24) is 4.98 Å². The van der Waals surface area contributed by atoms with Crippen molar-refractivity contribution in [3.05, 3.63) is 95.2 Å². The van der Waals surface area contributed by atoms with Gasteiger partial charge in [0.15, 0.2) is 0 Å². The number of esters is 1. The van der Waals surface area contributed by atoms with Crippen molar-refractivity contribution in [1.29, 1.82) is 0 Å². The molecule has 0 amide bonds. The molecule has 1 aliphatic rings. The number of aliphatic hydroxyl groups is 1. The Kier molecular flexibility index (Phi) is 8.16. The number of hydrogen-bond donors (Lipinski definition) is 1. The molecule has 5 rings (SSSR count). The highest BCUT2D eigenvalue weighted by Gasteiger charge is 2.36. The molecule has 0 spiro atoms. The van der Waals surface area contributed by atoms with Gasteiger partial charge in [-0.05, 0) is 79.6 Å². The summed E-state index contributed by atoms with van der Waals surface area (Å²) in [5.41, 5.74) is 3.49. The molecule has 4 aromatic rings. The minimum absolute atomic E-state index is 0.0768. The zero-order valence-corrected chi connectivity index (χ0v) is 24.6. The summed E-state index contributed by atoms with van der Waals surface area (Å²) in [7, 11) is -3.95. The first-order valence-electron chi connectivity index (χ1n) is 14.2. The number of pyridine rings is 1. The van der Waals surface area contributed by atoms with Crippen molar-refractivity contribution in [2.45, 2.75) is 61.8 Å². The molecule has 0 unspecified atom stereocenters. The minimum Gasteiger partial charge on any atom is -0.462 e. The Morgan fingerprint density at radius 3 is 2.12 bits per heavy atom. The predicted molar refractivity (Wildman–Crippen MR) is 160 cm³/mol. The number of carbonyl (C=O) groups excluding carboxylic acids is 1. The Balaban J connectivity index is 1.60. The van der Waals surface area contributed by atoms with E-state index >= 15 is 0 Å². The summed E-state index contributed by atoms with van der Waals surface area (Å²) in [4.78, 5) is 19.4. The van der Waals surface area contributed by atoms with Gasteiger partial charge in [0.25, 0.3) is 0 Å². The standard InChI is InChI=1S/C33H36N2O5S/c1-4-23-7-12-26(13-8-23)33(37)17-19-35(20-18-33)31-28-21-25(32(36)40-6-3)11-16-29(28)34-22-30(31)41(38,39)27-14-9-24(5-2)10-15-27/h7-16,21-22,37H,4-6,17-20H2,1-3H3. The fraction of sp³-hybridized carbons (Fsp3) is 0.333. The third-order valence-electron chi connectivity index (χ3n) is 8.05. The summed E-state index contributed by atoms with van der Waals surface area (Å²) in [5, 5.41) is 12.2. The van der Waals surface area contributed by atoms with Crippen LogP contribution in [0.5, 0.6) is 0 Å². The molecular weight excluding hydrogens is 536 g/mol. The molecule has 3 aromatic carbocycles. The highest BCUT2D eigenvalue weighted by Crippen LogP contribution is 2.41. The number of benzene rings is 3. The van der Waals surface area contributed by atoms with E-state index in [-0.39, 0.29) is 16.4 Å². The first-order chi connectivity index (χ1) is 19.7. The average Bonchev–Trinajstić information content (AvgIpc) is 3.01. The van der Waals surface area contributed by atoms with Crippen LogP contribution in [0.4, 0.5) is 5.69 Å². The van der Waals surface area contributed by atoms with Crippen molar-refractivity contribution < 1.29 is 23.1 Å². The third-order valence-corrected chi connectivity index (χ3v) is 9.83. The lowest BCUT2D eigenvalue weighted by Gasteiger charge is -2.40. The molecule has 0 atom stereocenters. The molecule has 0 saturated carbocycles. The van der Waals surface area contributed by atoms with E-state index in [1.165, 1.54) is 11.8 Å². The molecule has 8 heteroatoms. The monoisotopic (exact) mass is 572 g/mol. The highest BCUT2D eigenvalue weighted by molar-refractivity contribution is 7.91. The number of ether oxygens (including phenoxy) is 1. The second kappa shape index (κ2) is 11.6. The summed E-state index contributed by atoms with van der Waals surface area (Å²) >= 11 is 0. The van der Waals surface area contributed by atoms with Crippen LogP contribution in [0, 0.1) is 0 Å². The second-order valence-electron chi connectivity index (χ2n) is 10.5. The van der Waals surface area contributed by atoms with Crippen molar-refractivity contribution in [3.8, 4) is 0 Å². The number of piperidine rings is 1. The summed E-state index contributed by atoms with van der Waals surface area (Å²) in [6.07, 6.45) is 3.98. The maximum absolute atomic E-state index is 14.1. The van der Waals surface area contributed by atoms with Gasteiger partial charge in [0, 0.05) is 24.7 Å². The number of carbonyl (C=O) groups is 1. The Hall–Kier alpha value is -3.75. The number of nitrogens with zero attached hydrogens (tertiary/aromatic N) is 2. The molecule has 214 valence electrons. The number of fused-ring (bicyclic) bond motifs is 1. The van der Waals surface area contributed by atoms with Crippen molar-refractivity contribution in [3.63, 3.8) is 0 Å². The van der Waals surface area contributed by atoms with Crippen LogP contribution < -0.4 is 4.90 Å². The fourth-order valence-electron chi connectivity index (χ4n) is 5.50. The average molecular weight is 573 g/mol. The molecule has 7 nitrogen and oxygen atoms in total. The van der Waals surface area contributed by atoms with Gasteiger partial charge in [-0.2, -0.15) is 0 Å². The number of sulfone groups is 1. The zero-order chi connectivity index (χ0) is 29.2. The molecule has 0 radical (unpaired) electrons. The van der Waals surface area contributed by atoms with Crippen LogP contribution in [-0.2, 0) is 33.0 Å². The van der Waals surface area contributed by atoms with Crippen molar-refractivity contribution in [2.24, 2.45) is 0 Å². The quantitative estimate of drug-likeness (QED) is 0.264. The van der Waals surface area contributed by atoms with E-state index in [0.29, 0.717) is 48.1 Å². The van der Waals surface area contributed by atoms with Crippen LogP contribution in [0.3, 0.4) is 0 Å². The first-order valence-corrected chi connectivity index (χ1v) is 15.7. The van der Waals surface area contributed by atoms with E-state index in [4.69, 9.17) is 4.74 Å². The number of anilines is 1. The summed E-state index contributed by atoms with van der Waals surface area (Å²) in [6.45, 7) is 6.93. The van der Waals surface area contributed by atoms with Crippen LogP contribution in [0.25, 0.3) is 10.9 Å². The molecule has 0 aliphatic carbocycles. The van der Waals surface area contributed by atoms with Gasteiger partial charge in [-0.25, -0.2) is 13.2 Å². The van der Waals surface area contributed by atoms with Gasteiger partial charge in [-0.1, -0.05) is 50.2 Å².